The van der Waals surface area contributed by atoms with E-state index in [1.807, 2.05) is 0 Å². The Hall–Kier alpha value is -1.61. The molecule has 0 aliphatic carbocycles. The molecule has 2 rings (SSSR count). The van der Waals surface area contributed by atoms with E-state index in [4.69, 9.17) is 4.42 Å². The highest BCUT2D eigenvalue weighted by molar-refractivity contribution is 5.15. The highest BCUT2D eigenvalue weighted by Gasteiger charge is 2.07. The van der Waals surface area contributed by atoms with Gasteiger partial charge in [0.2, 0.25) is 0 Å². The van der Waals surface area contributed by atoms with Gasteiger partial charge in [0.15, 0.2) is 6.39 Å². The minimum absolute atomic E-state index is 0.811. The summed E-state index contributed by atoms with van der Waals surface area (Å²) in [5.74, 6) is 1.03. The van der Waals surface area contributed by atoms with Crippen molar-refractivity contribution < 1.29 is 4.42 Å². The zero-order chi connectivity index (χ0) is 13.3. The van der Waals surface area contributed by atoms with Gasteiger partial charge < -0.3 is 9.73 Å². The van der Waals surface area contributed by atoms with Gasteiger partial charge in [-0.05, 0) is 31.4 Å². The van der Waals surface area contributed by atoms with Crippen LogP contribution in [0.5, 0.6) is 0 Å². The van der Waals surface area contributed by atoms with Crippen LogP contribution >= 0.6 is 0 Å². The average molecular weight is 258 g/mol. The van der Waals surface area contributed by atoms with Crippen molar-refractivity contribution in [1.29, 1.82) is 0 Å². The predicted octanol–water partition coefficient (Wildman–Crippen LogP) is 3.35. The van der Waals surface area contributed by atoms with Gasteiger partial charge in [-0.3, -0.25) is 0 Å². The molecule has 19 heavy (non-hydrogen) atoms. The molecule has 0 spiro atoms. The number of nitrogens with zero attached hydrogens (tertiary/aromatic N) is 1. The van der Waals surface area contributed by atoms with Gasteiger partial charge in [0.1, 0.15) is 5.76 Å². The number of aryl methyl sites for hydroxylation is 2. The Balaban J connectivity index is 1.78. The maximum atomic E-state index is 5.48. The fourth-order valence-electron chi connectivity index (χ4n) is 2.12. The van der Waals surface area contributed by atoms with E-state index in [2.05, 4.69) is 47.6 Å². The summed E-state index contributed by atoms with van der Waals surface area (Å²) < 4.78 is 5.48. The summed E-state index contributed by atoms with van der Waals surface area (Å²) in [5, 5.41) is 3.36. The molecule has 1 N–H and O–H groups in total. The van der Waals surface area contributed by atoms with Crippen LogP contribution < -0.4 is 5.32 Å². The molecule has 2 aromatic rings. The van der Waals surface area contributed by atoms with E-state index in [1.54, 1.807) is 6.39 Å². The maximum absolute atomic E-state index is 5.48. The zero-order valence-electron chi connectivity index (χ0n) is 11.6. The van der Waals surface area contributed by atoms with Crippen LogP contribution in [0, 0.1) is 0 Å². The van der Waals surface area contributed by atoms with Crippen LogP contribution in [0.25, 0.3) is 0 Å². The molecule has 1 aromatic carbocycles. The first-order valence-electron chi connectivity index (χ1n) is 7.06. The molecule has 1 heterocycles. The molecule has 0 fully saturated rings. The minimum atomic E-state index is 0.811. The van der Waals surface area contributed by atoms with Crippen molar-refractivity contribution >= 4 is 0 Å². The average Bonchev–Trinajstić information content (AvgIpc) is 2.88. The lowest BCUT2D eigenvalue weighted by atomic mass is 10.1. The van der Waals surface area contributed by atoms with E-state index in [0.717, 1.165) is 50.2 Å². The number of nitrogens with one attached hydrogen (secondary N) is 1. The van der Waals surface area contributed by atoms with Crippen molar-refractivity contribution in [2.45, 2.75) is 39.2 Å². The number of hydrogen-bond acceptors (Lipinski definition) is 3. The second kappa shape index (κ2) is 7.74. The molecule has 102 valence electrons. The lowest BCUT2D eigenvalue weighted by Crippen LogP contribution is -2.15. The zero-order valence-corrected chi connectivity index (χ0v) is 11.6. The topological polar surface area (TPSA) is 38.1 Å². The van der Waals surface area contributed by atoms with Gasteiger partial charge in [-0.1, -0.05) is 37.3 Å². The fourth-order valence-corrected chi connectivity index (χ4v) is 2.12. The van der Waals surface area contributed by atoms with E-state index in [-0.39, 0.29) is 0 Å². The SMILES string of the molecule is CCCNCc1ncoc1CCCc1ccccc1. The summed E-state index contributed by atoms with van der Waals surface area (Å²) >= 11 is 0. The number of benzene rings is 1. The number of rotatable bonds is 8. The first-order valence-corrected chi connectivity index (χ1v) is 7.06. The first kappa shape index (κ1) is 13.8. The van der Waals surface area contributed by atoms with Crippen LogP contribution in [0.3, 0.4) is 0 Å². The molecule has 0 unspecified atom stereocenters. The molecular formula is C16H22N2O. The summed E-state index contributed by atoms with van der Waals surface area (Å²) in [6.07, 6.45) is 5.84. The second-order valence-corrected chi connectivity index (χ2v) is 4.74. The molecule has 1 aromatic heterocycles. The number of oxazole rings is 1. The molecule has 0 bridgehead atoms. The third-order valence-corrected chi connectivity index (χ3v) is 3.16. The summed E-state index contributed by atoms with van der Waals surface area (Å²) in [4.78, 5) is 4.28. The van der Waals surface area contributed by atoms with Crippen LogP contribution in [0.4, 0.5) is 0 Å². The summed E-state index contributed by atoms with van der Waals surface area (Å²) in [7, 11) is 0. The summed E-state index contributed by atoms with van der Waals surface area (Å²) in [6, 6.07) is 10.6. The smallest absolute Gasteiger partial charge is 0.181 e. The summed E-state index contributed by atoms with van der Waals surface area (Å²) in [6.45, 7) is 4.00. The highest BCUT2D eigenvalue weighted by atomic mass is 16.3. The van der Waals surface area contributed by atoms with Crippen LogP contribution in [0.1, 0.15) is 36.8 Å². The lowest BCUT2D eigenvalue weighted by molar-refractivity contribution is 0.491. The molecule has 0 radical (unpaired) electrons. The molecule has 0 aliphatic heterocycles. The van der Waals surface area contributed by atoms with E-state index >= 15 is 0 Å². The number of hydrogen-bond donors (Lipinski definition) is 1. The van der Waals surface area contributed by atoms with Gasteiger partial charge in [-0.2, -0.15) is 0 Å². The van der Waals surface area contributed by atoms with Gasteiger partial charge in [0.05, 0.1) is 5.69 Å². The Labute approximate surface area is 115 Å². The Kier molecular flexibility index (Phi) is 5.63. The molecular weight excluding hydrogens is 236 g/mol. The van der Waals surface area contributed by atoms with E-state index < -0.39 is 0 Å². The highest BCUT2D eigenvalue weighted by Crippen LogP contribution is 2.12. The third kappa shape index (κ3) is 4.52. The Morgan fingerprint density at radius 1 is 1.16 bits per heavy atom. The second-order valence-electron chi connectivity index (χ2n) is 4.74. The monoisotopic (exact) mass is 258 g/mol. The normalized spacial score (nSPS) is 10.8. The van der Waals surface area contributed by atoms with Crippen molar-refractivity contribution in [1.82, 2.24) is 10.3 Å². The quantitative estimate of drug-likeness (QED) is 0.738. The van der Waals surface area contributed by atoms with Crippen LogP contribution in [-0.4, -0.2) is 11.5 Å². The molecule has 0 saturated heterocycles. The maximum Gasteiger partial charge on any atom is 0.181 e. The Morgan fingerprint density at radius 2 is 2.00 bits per heavy atom. The van der Waals surface area contributed by atoms with Crippen LogP contribution in [0.2, 0.25) is 0 Å². The van der Waals surface area contributed by atoms with Gasteiger partial charge in [0, 0.05) is 13.0 Å². The molecule has 0 aliphatic rings. The van der Waals surface area contributed by atoms with E-state index in [9.17, 15) is 0 Å². The predicted molar refractivity (Wildman–Crippen MR) is 77.0 cm³/mol. The molecule has 0 saturated carbocycles. The van der Waals surface area contributed by atoms with Gasteiger partial charge in [-0.15, -0.1) is 0 Å². The van der Waals surface area contributed by atoms with Crippen molar-refractivity contribution in [3.05, 3.63) is 53.7 Å². The third-order valence-electron chi connectivity index (χ3n) is 3.16. The lowest BCUT2D eigenvalue weighted by Gasteiger charge is -2.03. The van der Waals surface area contributed by atoms with Crippen molar-refractivity contribution in [3.8, 4) is 0 Å². The Morgan fingerprint density at radius 3 is 2.79 bits per heavy atom. The van der Waals surface area contributed by atoms with Crippen LogP contribution in [-0.2, 0) is 19.4 Å². The fraction of sp³-hybridized carbons (Fsp3) is 0.438. The van der Waals surface area contributed by atoms with E-state index in [0.29, 0.717) is 0 Å². The molecule has 0 atom stereocenters. The first-order chi connectivity index (χ1) is 9.40. The van der Waals surface area contributed by atoms with E-state index in [1.165, 1.54) is 5.56 Å². The van der Waals surface area contributed by atoms with Gasteiger partial charge >= 0.3 is 0 Å². The van der Waals surface area contributed by atoms with Crippen molar-refractivity contribution in [3.63, 3.8) is 0 Å². The molecule has 3 heteroatoms. The van der Waals surface area contributed by atoms with Gasteiger partial charge in [0.25, 0.3) is 0 Å². The molecule has 0 amide bonds. The Bertz CT molecular complexity index is 465. The standard InChI is InChI=1S/C16H22N2O/c1-2-11-17-12-15-16(19-13-18-15)10-6-9-14-7-4-3-5-8-14/h3-5,7-8,13,17H,2,6,9-12H2,1H3. The van der Waals surface area contributed by atoms with Crippen LogP contribution in [0.15, 0.2) is 41.1 Å². The minimum Gasteiger partial charge on any atom is -0.448 e. The largest absolute Gasteiger partial charge is 0.448 e. The summed E-state index contributed by atoms with van der Waals surface area (Å²) in [5.41, 5.74) is 2.44. The van der Waals surface area contributed by atoms with Crippen molar-refractivity contribution in [2.24, 2.45) is 0 Å². The molecule has 3 nitrogen and oxygen atoms in total. The van der Waals surface area contributed by atoms with Gasteiger partial charge in [-0.25, -0.2) is 4.98 Å². The van der Waals surface area contributed by atoms with Crippen molar-refractivity contribution in [2.75, 3.05) is 6.54 Å². The number of aromatic nitrogens is 1.